The zero-order chi connectivity index (χ0) is 21.3. The molecule has 2 unspecified atom stereocenters. The number of aryl methyl sites for hydroxylation is 1. The topological polar surface area (TPSA) is 111 Å². The van der Waals surface area contributed by atoms with Gasteiger partial charge in [0.05, 0.1) is 22.1 Å². The lowest BCUT2D eigenvalue weighted by Gasteiger charge is -2.32. The van der Waals surface area contributed by atoms with Gasteiger partial charge in [0.15, 0.2) is 5.82 Å². The van der Waals surface area contributed by atoms with Crippen molar-refractivity contribution in [3.8, 4) is 5.82 Å². The van der Waals surface area contributed by atoms with Gasteiger partial charge in [-0.25, -0.2) is 4.98 Å². The molecule has 6 heterocycles. The van der Waals surface area contributed by atoms with Gasteiger partial charge in [-0.2, -0.15) is 14.6 Å². The number of nitrogens with two attached hydrogens (primary N) is 1. The first-order chi connectivity index (χ1) is 15.0. The van der Waals surface area contributed by atoms with Gasteiger partial charge in [0.1, 0.15) is 0 Å². The van der Waals surface area contributed by atoms with Gasteiger partial charge < -0.3 is 11.1 Å². The van der Waals surface area contributed by atoms with Crippen molar-refractivity contribution in [1.82, 2.24) is 34.6 Å². The first-order valence-electron chi connectivity index (χ1n) is 10.1. The Morgan fingerprint density at radius 3 is 3.00 bits per heavy atom. The van der Waals surface area contributed by atoms with Crippen LogP contribution in [0, 0.1) is 6.92 Å². The van der Waals surface area contributed by atoms with E-state index < -0.39 is 0 Å². The number of halogens is 1. The molecule has 2 aliphatic rings. The summed E-state index contributed by atoms with van der Waals surface area (Å²) in [6.07, 6.45) is 5.24. The summed E-state index contributed by atoms with van der Waals surface area (Å²) in [5, 5.41) is 9.94. The van der Waals surface area contributed by atoms with E-state index in [1.165, 1.54) is 40.1 Å². The van der Waals surface area contributed by atoms with Crippen molar-refractivity contribution in [3.63, 3.8) is 0 Å². The molecule has 31 heavy (non-hydrogen) atoms. The van der Waals surface area contributed by atoms with Crippen molar-refractivity contribution >= 4 is 50.7 Å². The van der Waals surface area contributed by atoms with Gasteiger partial charge in [0.2, 0.25) is 17.2 Å². The molecule has 0 aliphatic carbocycles. The number of nitrogen functional groups attached to an aromatic ring is 1. The minimum atomic E-state index is 0.145. The van der Waals surface area contributed by atoms with Gasteiger partial charge in [-0.15, -0.1) is 16.4 Å². The Bertz CT molecular complexity index is 1330. The molecule has 1 fully saturated rings. The second-order valence-electron chi connectivity index (χ2n) is 8.12. The van der Waals surface area contributed by atoms with Crippen molar-refractivity contribution < 1.29 is 0 Å². The fourth-order valence-electron chi connectivity index (χ4n) is 4.69. The zero-order valence-corrected chi connectivity index (χ0v) is 18.6. The molecule has 2 aliphatic heterocycles. The smallest absolute Gasteiger partial charge is 0.248 e. The molecule has 2 atom stereocenters. The first kappa shape index (κ1) is 18.9. The predicted molar refractivity (Wildman–Crippen MR) is 121 cm³/mol. The number of nitrogens with one attached hydrogen (secondary N) is 1. The molecule has 1 saturated heterocycles. The van der Waals surface area contributed by atoms with Crippen LogP contribution in [-0.2, 0) is 6.42 Å². The second kappa shape index (κ2) is 6.84. The summed E-state index contributed by atoms with van der Waals surface area (Å²) in [7, 11) is 2.20. The van der Waals surface area contributed by atoms with Gasteiger partial charge in [0.25, 0.3) is 0 Å². The lowest BCUT2D eigenvalue weighted by atomic mass is 9.98. The third kappa shape index (κ3) is 2.97. The van der Waals surface area contributed by atoms with E-state index >= 15 is 0 Å². The quantitative estimate of drug-likeness (QED) is 0.452. The normalized spacial score (nSPS) is 20.4. The van der Waals surface area contributed by atoms with E-state index in [9.17, 15) is 0 Å². The molecule has 4 aromatic rings. The molecule has 11 heteroatoms. The molecule has 158 valence electrons. The molecule has 9 nitrogen and oxygen atoms in total. The van der Waals surface area contributed by atoms with Crippen LogP contribution in [0.2, 0.25) is 5.28 Å². The van der Waals surface area contributed by atoms with E-state index in [1.54, 1.807) is 0 Å². The summed E-state index contributed by atoms with van der Waals surface area (Å²) in [5.74, 6) is 1.12. The Morgan fingerprint density at radius 1 is 1.26 bits per heavy atom. The number of nitrogens with zero attached hydrogens (tertiary/aromatic N) is 7. The molecular weight excluding hydrogens is 434 g/mol. The molecule has 2 bridgehead atoms. The Balaban J connectivity index is 1.35. The van der Waals surface area contributed by atoms with Crippen molar-refractivity contribution in [3.05, 3.63) is 39.7 Å². The second-order valence-corrected chi connectivity index (χ2v) is 9.34. The molecule has 0 radical (unpaired) electrons. The van der Waals surface area contributed by atoms with Crippen molar-refractivity contribution in [2.24, 2.45) is 0 Å². The van der Waals surface area contributed by atoms with Gasteiger partial charge in [-0.05, 0) is 61.0 Å². The average Bonchev–Trinajstić information content (AvgIpc) is 3.36. The highest BCUT2D eigenvalue weighted by molar-refractivity contribution is 7.17. The number of anilines is 3. The molecule has 0 aromatic carbocycles. The van der Waals surface area contributed by atoms with Crippen LogP contribution in [0.25, 0.3) is 16.0 Å². The highest BCUT2D eigenvalue weighted by Crippen LogP contribution is 2.42. The number of hydrogen-bond acceptors (Lipinski definition) is 9. The fraction of sp³-hybridized carbons (Fsp3) is 0.350. The third-order valence-corrected chi connectivity index (χ3v) is 7.52. The lowest BCUT2D eigenvalue weighted by Crippen LogP contribution is -2.34. The van der Waals surface area contributed by atoms with Gasteiger partial charge in [0, 0.05) is 24.2 Å². The highest BCUT2D eigenvalue weighted by Gasteiger charge is 2.38. The van der Waals surface area contributed by atoms with Crippen LogP contribution in [0.3, 0.4) is 0 Å². The Kier molecular flexibility index (Phi) is 4.17. The summed E-state index contributed by atoms with van der Waals surface area (Å²) in [4.78, 5) is 20.2. The minimum absolute atomic E-state index is 0.145. The fourth-order valence-corrected chi connectivity index (χ4v) is 5.82. The van der Waals surface area contributed by atoms with Crippen LogP contribution in [-0.4, -0.2) is 47.7 Å². The molecular formula is C20H20ClN9S. The van der Waals surface area contributed by atoms with Gasteiger partial charge in [-0.3, -0.25) is 9.88 Å². The van der Waals surface area contributed by atoms with Crippen LogP contribution < -0.4 is 11.1 Å². The largest absolute Gasteiger partial charge is 0.368 e. The Labute approximate surface area is 187 Å². The van der Waals surface area contributed by atoms with Crippen LogP contribution >= 0.6 is 22.9 Å². The maximum atomic E-state index is 6.18. The number of fused-ring (bicyclic) bond motifs is 5. The number of aromatic nitrogens is 6. The van der Waals surface area contributed by atoms with Crippen LogP contribution in [0.1, 0.15) is 35.7 Å². The molecule has 0 amide bonds. The summed E-state index contributed by atoms with van der Waals surface area (Å²) < 4.78 is 2.36. The molecule has 0 spiro atoms. The monoisotopic (exact) mass is 453 g/mol. The van der Waals surface area contributed by atoms with E-state index in [4.69, 9.17) is 22.3 Å². The number of thiophene rings is 1. The highest BCUT2D eigenvalue weighted by atomic mass is 35.5. The maximum absolute atomic E-state index is 6.18. The number of rotatable bonds is 3. The van der Waals surface area contributed by atoms with Crippen molar-refractivity contribution in [1.29, 1.82) is 0 Å². The van der Waals surface area contributed by atoms with Crippen LogP contribution in [0.4, 0.5) is 17.6 Å². The standard InChI is InChI=1S/C20H20ClN9S/c1-9-8-31-16-15(9)25-18(21)26-17(16)30-19(22)27-20(28-30)24-10-5-12-13(23-7-10)6-11-3-4-14(12)29(11)2/h5,7-8,11,14H,3-4,6H2,1-2H3,(H3,22,24,27,28). The Hall–Kier alpha value is -2.82. The summed E-state index contributed by atoms with van der Waals surface area (Å²) >= 11 is 7.68. The summed E-state index contributed by atoms with van der Waals surface area (Å²) in [6, 6.07) is 3.19. The zero-order valence-electron chi connectivity index (χ0n) is 17.0. The molecule has 3 N–H and O–H groups in total. The van der Waals surface area contributed by atoms with Crippen LogP contribution in [0.15, 0.2) is 17.6 Å². The van der Waals surface area contributed by atoms with E-state index in [0.717, 1.165) is 27.9 Å². The molecule has 0 saturated carbocycles. The number of likely N-dealkylation sites (N-methyl/N-ethyl adjacent to an activating group) is 1. The Morgan fingerprint density at radius 2 is 2.13 bits per heavy atom. The number of hydrogen-bond donors (Lipinski definition) is 2. The van der Waals surface area contributed by atoms with E-state index in [2.05, 4.69) is 43.4 Å². The minimum Gasteiger partial charge on any atom is -0.368 e. The van der Waals surface area contributed by atoms with Gasteiger partial charge in [-0.1, -0.05) is 0 Å². The van der Waals surface area contributed by atoms with Crippen LogP contribution in [0.5, 0.6) is 0 Å². The van der Waals surface area contributed by atoms with Gasteiger partial charge >= 0.3 is 0 Å². The lowest BCUT2D eigenvalue weighted by molar-refractivity contribution is 0.222. The SMILES string of the molecule is Cc1csc2c(-n3nc(Nc4cnc5c(c4)C4CCC(C5)N4C)nc3N)nc(Cl)nc12. The predicted octanol–water partition coefficient (Wildman–Crippen LogP) is 3.65. The summed E-state index contributed by atoms with van der Waals surface area (Å²) in [5.41, 5.74) is 11.3. The van der Waals surface area contributed by atoms with Crippen molar-refractivity contribution in [2.45, 2.75) is 38.3 Å². The summed E-state index contributed by atoms with van der Waals surface area (Å²) in [6.45, 7) is 1.98. The molecule has 4 aromatic heterocycles. The van der Waals surface area contributed by atoms with E-state index in [-0.39, 0.29) is 11.2 Å². The maximum Gasteiger partial charge on any atom is 0.248 e. The first-order valence-corrected chi connectivity index (χ1v) is 11.4. The van der Waals surface area contributed by atoms with Crippen molar-refractivity contribution in [2.75, 3.05) is 18.1 Å². The van der Waals surface area contributed by atoms with E-state index in [0.29, 0.717) is 23.8 Å². The molecule has 6 rings (SSSR count). The third-order valence-electron chi connectivity index (χ3n) is 6.27. The van der Waals surface area contributed by atoms with E-state index in [1.807, 2.05) is 18.5 Å². The average molecular weight is 454 g/mol. The number of pyridine rings is 1.